The predicted molar refractivity (Wildman–Crippen MR) is 67.2 cm³/mol. The lowest BCUT2D eigenvalue weighted by Crippen LogP contribution is -2.37. The minimum absolute atomic E-state index is 0.0162. The van der Waals surface area contributed by atoms with Gasteiger partial charge < -0.3 is 10.2 Å². The number of amides is 2. The largest absolute Gasteiger partial charge is 0.335 e. The molecule has 4 heteroatoms. The van der Waals surface area contributed by atoms with E-state index in [1.807, 2.05) is 31.3 Å². The highest BCUT2D eigenvalue weighted by Crippen LogP contribution is 2.19. The topological polar surface area (TPSA) is 32.3 Å². The first-order valence-corrected chi connectivity index (χ1v) is 6.20. The minimum Gasteiger partial charge on any atom is -0.335 e. The molecule has 3 nitrogen and oxygen atoms in total. The Balaban J connectivity index is 1.90. The molecule has 0 heterocycles. The van der Waals surface area contributed by atoms with Crippen molar-refractivity contribution in [3.63, 3.8) is 0 Å². The molecule has 0 radical (unpaired) electrons. The molecule has 2 amide bonds. The maximum absolute atomic E-state index is 11.7. The van der Waals surface area contributed by atoms with Crippen LogP contribution >= 0.6 is 15.9 Å². The molecule has 1 aliphatic rings. The van der Waals surface area contributed by atoms with Gasteiger partial charge in [0.2, 0.25) is 0 Å². The SMILES string of the molecule is CN(Cc1cccc(Br)c1)C(=O)NC1CC1. The van der Waals surface area contributed by atoms with Crippen molar-refractivity contribution < 1.29 is 4.79 Å². The molecule has 0 spiro atoms. The van der Waals surface area contributed by atoms with Gasteiger partial charge in [-0.2, -0.15) is 0 Å². The molecule has 0 saturated heterocycles. The van der Waals surface area contributed by atoms with Gasteiger partial charge in [-0.25, -0.2) is 4.79 Å². The highest BCUT2D eigenvalue weighted by Gasteiger charge is 2.24. The van der Waals surface area contributed by atoms with Crippen LogP contribution in [0.25, 0.3) is 0 Å². The summed E-state index contributed by atoms with van der Waals surface area (Å²) in [6, 6.07) is 8.44. The smallest absolute Gasteiger partial charge is 0.317 e. The van der Waals surface area contributed by atoms with Gasteiger partial charge in [0, 0.05) is 24.1 Å². The highest BCUT2D eigenvalue weighted by atomic mass is 79.9. The van der Waals surface area contributed by atoms with Crippen LogP contribution in [-0.2, 0) is 6.54 Å². The van der Waals surface area contributed by atoms with Crippen molar-refractivity contribution >= 4 is 22.0 Å². The molecule has 1 saturated carbocycles. The summed E-state index contributed by atoms with van der Waals surface area (Å²) in [4.78, 5) is 13.4. The second kappa shape index (κ2) is 4.87. The van der Waals surface area contributed by atoms with E-state index in [4.69, 9.17) is 0 Å². The van der Waals surface area contributed by atoms with E-state index >= 15 is 0 Å². The molecular weight excluding hydrogens is 268 g/mol. The summed E-state index contributed by atoms with van der Waals surface area (Å²) in [7, 11) is 1.82. The Morgan fingerprint density at radius 2 is 2.31 bits per heavy atom. The van der Waals surface area contributed by atoms with E-state index in [-0.39, 0.29) is 6.03 Å². The summed E-state index contributed by atoms with van der Waals surface area (Å²) in [5.41, 5.74) is 1.13. The van der Waals surface area contributed by atoms with Crippen LogP contribution < -0.4 is 5.32 Å². The van der Waals surface area contributed by atoms with E-state index < -0.39 is 0 Å². The first-order chi connectivity index (χ1) is 7.65. The quantitative estimate of drug-likeness (QED) is 0.909. The third-order valence-corrected chi connectivity index (χ3v) is 3.05. The second-order valence-electron chi connectivity index (χ2n) is 4.21. The Kier molecular flexibility index (Phi) is 3.49. The monoisotopic (exact) mass is 282 g/mol. The van der Waals surface area contributed by atoms with Crippen molar-refractivity contribution in [2.75, 3.05) is 7.05 Å². The van der Waals surface area contributed by atoms with E-state index in [0.717, 1.165) is 22.9 Å². The number of urea groups is 1. The molecule has 86 valence electrons. The second-order valence-corrected chi connectivity index (χ2v) is 5.13. The van der Waals surface area contributed by atoms with Crippen molar-refractivity contribution in [2.45, 2.75) is 25.4 Å². The molecule has 0 aromatic heterocycles. The summed E-state index contributed by atoms with van der Waals surface area (Å²) in [5, 5.41) is 2.96. The zero-order valence-corrected chi connectivity index (χ0v) is 10.8. The fourth-order valence-corrected chi connectivity index (χ4v) is 1.94. The van der Waals surface area contributed by atoms with Gasteiger partial charge in [-0.15, -0.1) is 0 Å². The van der Waals surface area contributed by atoms with Crippen LogP contribution in [0, 0.1) is 0 Å². The molecule has 0 aliphatic heterocycles. The van der Waals surface area contributed by atoms with Gasteiger partial charge in [0.1, 0.15) is 0 Å². The molecule has 2 rings (SSSR count). The van der Waals surface area contributed by atoms with Crippen molar-refractivity contribution in [3.05, 3.63) is 34.3 Å². The Bertz CT molecular complexity index is 390. The first-order valence-electron chi connectivity index (χ1n) is 5.41. The van der Waals surface area contributed by atoms with Crippen molar-refractivity contribution in [3.8, 4) is 0 Å². The third kappa shape index (κ3) is 3.23. The van der Waals surface area contributed by atoms with Crippen LogP contribution in [0.4, 0.5) is 4.79 Å². The van der Waals surface area contributed by atoms with Gasteiger partial charge in [0.05, 0.1) is 0 Å². The minimum atomic E-state index is 0.0162. The molecule has 1 aliphatic carbocycles. The molecule has 16 heavy (non-hydrogen) atoms. The van der Waals surface area contributed by atoms with Gasteiger partial charge >= 0.3 is 6.03 Å². The summed E-state index contributed by atoms with van der Waals surface area (Å²) in [5.74, 6) is 0. The van der Waals surface area contributed by atoms with E-state index in [2.05, 4.69) is 21.2 Å². The summed E-state index contributed by atoms with van der Waals surface area (Å²) in [6.45, 7) is 0.637. The lowest BCUT2D eigenvalue weighted by Gasteiger charge is -2.18. The molecule has 1 fully saturated rings. The fraction of sp³-hybridized carbons (Fsp3) is 0.417. The van der Waals surface area contributed by atoms with Gasteiger partial charge in [-0.05, 0) is 30.5 Å². The maximum Gasteiger partial charge on any atom is 0.317 e. The van der Waals surface area contributed by atoms with Crippen LogP contribution in [0.15, 0.2) is 28.7 Å². The van der Waals surface area contributed by atoms with E-state index in [0.29, 0.717) is 12.6 Å². The summed E-state index contributed by atoms with van der Waals surface area (Å²) < 4.78 is 1.04. The standard InChI is InChI=1S/C12H15BrN2O/c1-15(12(16)14-11-5-6-11)8-9-3-2-4-10(13)7-9/h2-4,7,11H,5-6,8H2,1H3,(H,14,16). The average Bonchev–Trinajstić information content (AvgIpc) is 3.01. The van der Waals surface area contributed by atoms with Gasteiger partial charge in [0.15, 0.2) is 0 Å². The molecule has 0 atom stereocenters. The summed E-state index contributed by atoms with van der Waals surface area (Å²) in [6.07, 6.45) is 2.24. The van der Waals surface area contributed by atoms with Crippen LogP contribution in [-0.4, -0.2) is 24.0 Å². The highest BCUT2D eigenvalue weighted by molar-refractivity contribution is 9.10. The lowest BCUT2D eigenvalue weighted by molar-refractivity contribution is 0.206. The number of benzene rings is 1. The Morgan fingerprint density at radius 3 is 2.94 bits per heavy atom. The van der Waals surface area contributed by atoms with E-state index in [9.17, 15) is 4.79 Å². The normalized spacial score (nSPS) is 14.6. The fourth-order valence-electron chi connectivity index (χ4n) is 1.49. The maximum atomic E-state index is 11.7. The molecule has 1 aromatic carbocycles. The van der Waals surface area contributed by atoms with Gasteiger partial charge in [-0.1, -0.05) is 28.1 Å². The lowest BCUT2D eigenvalue weighted by atomic mass is 10.2. The number of carbonyl (C=O) groups is 1. The number of carbonyl (C=O) groups excluding carboxylic acids is 1. The van der Waals surface area contributed by atoms with Crippen LogP contribution in [0.1, 0.15) is 18.4 Å². The molecule has 1 N–H and O–H groups in total. The summed E-state index contributed by atoms with van der Waals surface area (Å²) >= 11 is 3.42. The van der Waals surface area contributed by atoms with Crippen molar-refractivity contribution in [1.29, 1.82) is 0 Å². The van der Waals surface area contributed by atoms with Gasteiger partial charge in [0.25, 0.3) is 0 Å². The third-order valence-electron chi connectivity index (χ3n) is 2.56. The first kappa shape index (κ1) is 11.5. The Morgan fingerprint density at radius 1 is 1.56 bits per heavy atom. The molecule has 0 bridgehead atoms. The van der Waals surface area contributed by atoms with Crippen molar-refractivity contribution in [1.82, 2.24) is 10.2 Å². The molecule has 1 aromatic rings. The Labute approximate surface area is 104 Å². The number of hydrogen-bond donors (Lipinski definition) is 1. The Hall–Kier alpha value is -1.03. The number of nitrogens with one attached hydrogen (secondary N) is 1. The molecular formula is C12H15BrN2O. The zero-order valence-electron chi connectivity index (χ0n) is 9.24. The van der Waals surface area contributed by atoms with E-state index in [1.165, 1.54) is 0 Å². The van der Waals surface area contributed by atoms with Gasteiger partial charge in [-0.3, -0.25) is 0 Å². The van der Waals surface area contributed by atoms with Crippen molar-refractivity contribution in [2.24, 2.45) is 0 Å². The average molecular weight is 283 g/mol. The zero-order chi connectivity index (χ0) is 11.5. The van der Waals surface area contributed by atoms with Crippen LogP contribution in [0.3, 0.4) is 0 Å². The molecule has 0 unspecified atom stereocenters. The number of rotatable bonds is 3. The number of nitrogens with zero attached hydrogens (tertiary/aromatic N) is 1. The predicted octanol–water partition coefficient (Wildman–Crippen LogP) is 2.75. The van der Waals surface area contributed by atoms with Crippen LogP contribution in [0.5, 0.6) is 0 Å². The number of halogens is 1. The van der Waals surface area contributed by atoms with E-state index in [1.54, 1.807) is 4.90 Å². The number of hydrogen-bond acceptors (Lipinski definition) is 1. The van der Waals surface area contributed by atoms with Crippen LogP contribution in [0.2, 0.25) is 0 Å².